The summed E-state index contributed by atoms with van der Waals surface area (Å²) in [6.45, 7) is 0.500. The van der Waals surface area contributed by atoms with E-state index in [1.54, 1.807) is 0 Å². The second kappa shape index (κ2) is 7.60. The average Bonchev–Trinajstić information content (AvgIpc) is 2.15. The lowest BCUT2D eigenvalue weighted by Gasteiger charge is -2.08. The van der Waals surface area contributed by atoms with Gasteiger partial charge in [0.15, 0.2) is 0 Å². The van der Waals surface area contributed by atoms with Gasteiger partial charge in [-0.15, -0.1) is 0 Å². The lowest BCUT2D eigenvalue weighted by molar-refractivity contribution is -0.121. The van der Waals surface area contributed by atoms with Gasteiger partial charge in [-0.1, -0.05) is 11.5 Å². The molecule has 0 aliphatic carbocycles. The molecule has 0 saturated heterocycles. The number of amides is 3. The number of hydrogen-bond donors (Lipinski definition) is 3. The molecule has 0 aromatic rings. The van der Waals surface area contributed by atoms with Crippen molar-refractivity contribution in [1.29, 1.82) is 0 Å². The average molecular weight is 214 g/mol. The van der Waals surface area contributed by atoms with E-state index in [2.05, 4.69) is 10.0 Å². The molecule has 0 aromatic carbocycles. The topological polar surface area (TPSA) is 147 Å². The summed E-state index contributed by atoms with van der Waals surface area (Å²) in [5.74, 6) is -0.683. The highest BCUT2D eigenvalue weighted by atomic mass is 16.2. The summed E-state index contributed by atoms with van der Waals surface area (Å²) in [6.07, 6.45) is 1.72. The van der Waals surface area contributed by atoms with Gasteiger partial charge < -0.3 is 11.5 Å². The second-order valence-corrected chi connectivity index (χ2v) is 2.86. The summed E-state index contributed by atoms with van der Waals surface area (Å²) in [4.78, 5) is 24.1. The van der Waals surface area contributed by atoms with Crippen LogP contribution in [0.3, 0.4) is 0 Å². The highest BCUT2D eigenvalue weighted by molar-refractivity contribution is 5.96. The number of hydrogen-bond acceptors (Lipinski definition) is 4. The third kappa shape index (κ3) is 6.30. The summed E-state index contributed by atoms with van der Waals surface area (Å²) in [6, 6.07) is -1.87. The Morgan fingerprint density at radius 3 is 2.60 bits per heavy atom. The minimum Gasteiger partial charge on any atom is -0.351 e. The molecule has 0 aliphatic heterocycles. The predicted octanol–water partition coefficient (Wildman–Crippen LogP) is -0.0108. The third-order valence-corrected chi connectivity index (χ3v) is 1.67. The summed E-state index contributed by atoms with van der Waals surface area (Å²) in [5.41, 5.74) is 18.2. The van der Waals surface area contributed by atoms with Crippen LogP contribution in [0.1, 0.15) is 19.3 Å². The lowest BCUT2D eigenvalue weighted by Crippen LogP contribution is -2.40. The minimum atomic E-state index is -0.961. The van der Waals surface area contributed by atoms with Gasteiger partial charge in [-0.3, -0.25) is 10.1 Å². The molecule has 0 unspecified atom stereocenters. The fraction of sp³-hybridized carbons (Fsp3) is 0.714. The van der Waals surface area contributed by atoms with E-state index < -0.39 is 18.0 Å². The molecule has 8 heteroatoms. The Bertz CT molecular complexity index is 273. The van der Waals surface area contributed by atoms with Crippen molar-refractivity contribution in [2.45, 2.75) is 25.3 Å². The van der Waals surface area contributed by atoms with Gasteiger partial charge in [-0.25, -0.2) is 4.79 Å². The van der Waals surface area contributed by atoms with Crippen molar-refractivity contribution in [2.75, 3.05) is 6.54 Å². The maximum atomic E-state index is 11.2. The number of unbranched alkanes of at least 4 members (excludes halogenated alkanes) is 1. The van der Waals surface area contributed by atoms with Gasteiger partial charge in [-0.05, 0) is 24.9 Å². The number of carbonyl (C=O) groups is 2. The largest absolute Gasteiger partial charge is 0.351 e. The molecule has 0 aliphatic rings. The van der Waals surface area contributed by atoms with Crippen LogP contribution in [0.4, 0.5) is 4.79 Å². The van der Waals surface area contributed by atoms with Crippen molar-refractivity contribution in [1.82, 2.24) is 5.32 Å². The smallest absolute Gasteiger partial charge is 0.318 e. The van der Waals surface area contributed by atoms with Gasteiger partial charge in [0.2, 0.25) is 5.91 Å². The molecular formula is C7H14N6O2. The first-order valence-electron chi connectivity index (χ1n) is 4.46. The van der Waals surface area contributed by atoms with Crippen LogP contribution in [0, 0.1) is 0 Å². The van der Waals surface area contributed by atoms with Gasteiger partial charge in [0.05, 0.1) is 0 Å². The molecule has 0 spiro atoms. The monoisotopic (exact) mass is 214 g/mol. The fourth-order valence-corrected chi connectivity index (χ4v) is 0.990. The van der Waals surface area contributed by atoms with Crippen LogP contribution in [0.15, 0.2) is 5.11 Å². The van der Waals surface area contributed by atoms with Gasteiger partial charge in [-0.2, -0.15) is 0 Å². The molecule has 0 fully saturated rings. The van der Waals surface area contributed by atoms with E-state index >= 15 is 0 Å². The SMILES string of the molecule is [N-]=[N+]=N[C@@H](CCCCN)C(=O)NC(N)=O. The van der Waals surface area contributed by atoms with Gasteiger partial charge in [0.1, 0.15) is 6.04 Å². The summed E-state index contributed by atoms with van der Waals surface area (Å²) >= 11 is 0. The van der Waals surface area contributed by atoms with Crippen LogP contribution < -0.4 is 16.8 Å². The predicted molar refractivity (Wildman–Crippen MR) is 53.6 cm³/mol. The number of carbonyl (C=O) groups excluding carboxylic acids is 2. The molecule has 3 amide bonds. The molecule has 8 nitrogen and oxygen atoms in total. The Labute approximate surface area is 86.6 Å². The molecule has 0 radical (unpaired) electrons. The van der Waals surface area contributed by atoms with E-state index in [9.17, 15) is 9.59 Å². The van der Waals surface area contributed by atoms with Gasteiger partial charge >= 0.3 is 6.03 Å². The zero-order valence-electron chi connectivity index (χ0n) is 8.22. The third-order valence-electron chi connectivity index (χ3n) is 1.67. The lowest BCUT2D eigenvalue weighted by atomic mass is 10.1. The normalized spacial score (nSPS) is 11.3. The van der Waals surface area contributed by atoms with Gasteiger partial charge in [0, 0.05) is 4.91 Å². The van der Waals surface area contributed by atoms with Crippen molar-refractivity contribution in [3.8, 4) is 0 Å². The molecule has 0 bridgehead atoms. The summed E-state index contributed by atoms with van der Waals surface area (Å²) < 4.78 is 0. The molecule has 1 atom stereocenters. The standard InChI is InChI=1S/C7H14N6O2/c8-4-2-1-3-5(12-13-10)6(14)11-7(9)15/h5H,1-4,8H2,(H3,9,11,14,15)/t5-/m0/s1. The first-order chi connectivity index (χ1) is 7.11. The molecule has 0 aromatic heterocycles. The van der Waals surface area contributed by atoms with Crippen LogP contribution in [-0.4, -0.2) is 24.5 Å². The molecule has 0 rings (SSSR count). The van der Waals surface area contributed by atoms with Crippen molar-refractivity contribution in [3.05, 3.63) is 10.4 Å². The highest BCUT2D eigenvalue weighted by Crippen LogP contribution is 2.04. The van der Waals surface area contributed by atoms with Crippen molar-refractivity contribution in [2.24, 2.45) is 16.6 Å². The molecular weight excluding hydrogens is 200 g/mol. The van der Waals surface area contributed by atoms with Crippen molar-refractivity contribution < 1.29 is 9.59 Å². The zero-order valence-corrected chi connectivity index (χ0v) is 8.22. The summed E-state index contributed by atoms with van der Waals surface area (Å²) in [7, 11) is 0. The van der Waals surface area contributed by atoms with Crippen molar-refractivity contribution >= 4 is 11.9 Å². The quantitative estimate of drug-likeness (QED) is 0.247. The Kier molecular flexibility index (Phi) is 6.69. The number of urea groups is 1. The number of nitrogens with two attached hydrogens (primary N) is 2. The number of primary amides is 1. The Hall–Kier alpha value is -1.79. The van der Waals surface area contributed by atoms with E-state index in [0.717, 1.165) is 6.42 Å². The minimum absolute atomic E-state index is 0.348. The van der Waals surface area contributed by atoms with E-state index in [1.807, 2.05) is 5.32 Å². The van der Waals surface area contributed by atoms with Crippen LogP contribution in [0.5, 0.6) is 0 Å². The summed E-state index contributed by atoms with van der Waals surface area (Å²) in [5, 5.41) is 5.13. The number of azide groups is 1. The Balaban J connectivity index is 4.18. The fourth-order valence-electron chi connectivity index (χ4n) is 0.990. The van der Waals surface area contributed by atoms with Gasteiger partial charge in [0.25, 0.3) is 0 Å². The number of nitrogens with one attached hydrogen (secondary N) is 1. The van der Waals surface area contributed by atoms with Crippen LogP contribution in [0.2, 0.25) is 0 Å². The maximum Gasteiger partial charge on any atom is 0.318 e. The van der Waals surface area contributed by atoms with E-state index in [-0.39, 0.29) is 0 Å². The molecule has 0 heterocycles. The number of imide groups is 1. The van der Waals surface area contributed by atoms with E-state index in [1.165, 1.54) is 0 Å². The number of nitrogens with zero attached hydrogens (tertiary/aromatic N) is 3. The zero-order chi connectivity index (χ0) is 11.7. The molecule has 15 heavy (non-hydrogen) atoms. The second-order valence-electron chi connectivity index (χ2n) is 2.86. The molecule has 0 saturated carbocycles. The first-order valence-corrected chi connectivity index (χ1v) is 4.46. The Morgan fingerprint density at radius 2 is 2.13 bits per heavy atom. The highest BCUT2D eigenvalue weighted by Gasteiger charge is 2.17. The van der Waals surface area contributed by atoms with Crippen LogP contribution >= 0.6 is 0 Å². The maximum absolute atomic E-state index is 11.2. The molecule has 5 N–H and O–H groups in total. The number of rotatable bonds is 6. The first kappa shape index (κ1) is 13.2. The van der Waals surface area contributed by atoms with E-state index in [0.29, 0.717) is 19.4 Å². The Morgan fingerprint density at radius 1 is 1.47 bits per heavy atom. The molecule has 84 valence electrons. The van der Waals surface area contributed by atoms with Crippen LogP contribution in [0.25, 0.3) is 10.4 Å². The van der Waals surface area contributed by atoms with Crippen molar-refractivity contribution in [3.63, 3.8) is 0 Å². The van der Waals surface area contributed by atoms with E-state index in [4.69, 9.17) is 17.0 Å². The van der Waals surface area contributed by atoms with Crippen LogP contribution in [-0.2, 0) is 4.79 Å².